The topological polar surface area (TPSA) is 61.6 Å². The second-order valence-corrected chi connectivity index (χ2v) is 6.08. The zero-order chi connectivity index (χ0) is 17.9. The quantitative estimate of drug-likeness (QED) is 0.649. The van der Waals surface area contributed by atoms with Gasteiger partial charge in [-0.15, -0.1) is 0 Å². The molecule has 130 valence electrons. The molecule has 0 aliphatic carbocycles. The second kappa shape index (κ2) is 7.19. The average molecular weight is 339 g/mol. The monoisotopic (exact) mass is 339 g/mol. The van der Waals surface area contributed by atoms with Gasteiger partial charge in [-0.3, -0.25) is 0 Å². The number of carbonyl (C=O) groups excluding carboxylic acids is 1. The molecule has 2 aromatic rings. The molecule has 2 N–H and O–H groups in total. The van der Waals surface area contributed by atoms with Gasteiger partial charge in [0.2, 0.25) is 0 Å². The number of quaternary nitrogens is 1. The number of hydrogen-bond acceptors (Lipinski definition) is 4. The molecule has 2 aromatic carbocycles. The minimum absolute atomic E-state index is 0.0118. The van der Waals surface area contributed by atoms with Crippen molar-refractivity contribution in [1.82, 2.24) is 4.48 Å². The van der Waals surface area contributed by atoms with Gasteiger partial charge in [-0.25, -0.2) is 4.79 Å². The Morgan fingerprint density at radius 1 is 1.12 bits per heavy atom. The minimum Gasteiger partial charge on any atom is -0.497 e. The van der Waals surface area contributed by atoms with Crippen molar-refractivity contribution >= 4 is 17.7 Å². The van der Waals surface area contributed by atoms with Crippen molar-refractivity contribution in [1.29, 1.82) is 0 Å². The highest BCUT2D eigenvalue weighted by molar-refractivity contribution is 6.09. The van der Waals surface area contributed by atoms with Crippen LogP contribution in [0.15, 0.2) is 54.2 Å². The van der Waals surface area contributed by atoms with E-state index in [1.165, 1.54) is 0 Å². The summed E-state index contributed by atoms with van der Waals surface area (Å²) < 4.78 is 11.0. The molecule has 25 heavy (non-hydrogen) atoms. The Labute approximate surface area is 147 Å². The lowest BCUT2D eigenvalue weighted by Gasteiger charge is -2.35. The molecule has 1 unspecified atom stereocenters. The third kappa shape index (κ3) is 3.09. The SMILES string of the molecule is COc1ccc2c(c1)C=C(COCCN)[N+](C)(c1ccccc1)C2=O. The van der Waals surface area contributed by atoms with Crippen molar-refractivity contribution in [2.24, 2.45) is 5.73 Å². The maximum atomic E-state index is 13.4. The summed E-state index contributed by atoms with van der Waals surface area (Å²) in [5.41, 5.74) is 8.82. The number of nitrogens with zero attached hydrogens (tertiary/aromatic N) is 1. The molecule has 0 fully saturated rings. The van der Waals surface area contributed by atoms with Crippen LogP contribution in [0.3, 0.4) is 0 Å². The summed E-state index contributed by atoms with van der Waals surface area (Å²) in [5, 5.41) is 0. The summed E-state index contributed by atoms with van der Waals surface area (Å²) >= 11 is 0. The number of ether oxygens (including phenoxy) is 2. The first kappa shape index (κ1) is 17.4. The van der Waals surface area contributed by atoms with Crippen LogP contribution in [-0.4, -0.2) is 39.8 Å². The van der Waals surface area contributed by atoms with Crippen LogP contribution in [0, 0.1) is 0 Å². The lowest BCUT2D eigenvalue weighted by molar-refractivity contribution is 0.0793. The number of benzene rings is 2. The Morgan fingerprint density at radius 3 is 2.56 bits per heavy atom. The largest absolute Gasteiger partial charge is 0.497 e. The van der Waals surface area contributed by atoms with Crippen LogP contribution >= 0.6 is 0 Å². The van der Waals surface area contributed by atoms with E-state index in [1.54, 1.807) is 7.11 Å². The van der Waals surface area contributed by atoms with Crippen LogP contribution in [0.2, 0.25) is 0 Å². The Bertz CT molecular complexity index is 802. The Morgan fingerprint density at radius 2 is 1.88 bits per heavy atom. The summed E-state index contributed by atoms with van der Waals surface area (Å²) in [6.07, 6.45) is 2.02. The summed E-state index contributed by atoms with van der Waals surface area (Å²) in [7, 11) is 3.52. The third-order valence-corrected chi connectivity index (χ3v) is 4.58. The number of rotatable bonds is 6. The first-order chi connectivity index (χ1) is 12.1. The second-order valence-electron chi connectivity index (χ2n) is 6.08. The first-order valence-electron chi connectivity index (χ1n) is 8.25. The summed E-state index contributed by atoms with van der Waals surface area (Å²) in [6.45, 7) is 1.23. The van der Waals surface area contributed by atoms with Gasteiger partial charge < -0.3 is 15.2 Å². The molecule has 0 saturated heterocycles. The van der Waals surface area contributed by atoms with E-state index < -0.39 is 0 Å². The molecule has 0 aromatic heterocycles. The molecule has 1 heterocycles. The Balaban J connectivity index is 2.12. The van der Waals surface area contributed by atoms with E-state index in [0.717, 1.165) is 22.7 Å². The van der Waals surface area contributed by atoms with E-state index in [9.17, 15) is 4.79 Å². The molecule has 1 amide bonds. The van der Waals surface area contributed by atoms with Crippen molar-refractivity contribution < 1.29 is 14.3 Å². The third-order valence-electron chi connectivity index (χ3n) is 4.58. The van der Waals surface area contributed by atoms with E-state index >= 15 is 0 Å². The van der Waals surface area contributed by atoms with Crippen LogP contribution in [0.4, 0.5) is 5.69 Å². The molecule has 1 atom stereocenters. The number of carbonyl (C=O) groups is 1. The summed E-state index contributed by atoms with van der Waals surface area (Å²) in [4.78, 5) is 13.4. The summed E-state index contributed by atoms with van der Waals surface area (Å²) in [6, 6.07) is 15.3. The van der Waals surface area contributed by atoms with Gasteiger partial charge in [0.05, 0.1) is 26.3 Å². The van der Waals surface area contributed by atoms with Crippen molar-refractivity contribution in [2.45, 2.75) is 0 Å². The molecule has 1 aliphatic heterocycles. The van der Waals surface area contributed by atoms with E-state index in [2.05, 4.69) is 0 Å². The van der Waals surface area contributed by atoms with E-state index in [1.807, 2.05) is 61.7 Å². The van der Waals surface area contributed by atoms with Gasteiger partial charge in [-0.1, -0.05) is 18.2 Å². The molecule has 0 saturated carbocycles. The van der Waals surface area contributed by atoms with E-state index in [4.69, 9.17) is 15.2 Å². The highest BCUT2D eigenvalue weighted by Crippen LogP contribution is 2.36. The van der Waals surface area contributed by atoms with Crippen LogP contribution < -0.4 is 15.0 Å². The molecular formula is C20H23N2O3+. The average Bonchev–Trinajstić information content (AvgIpc) is 2.66. The molecule has 5 heteroatoms. The lowest BCUT2D eigenvalue weighted by Crippen LogP contribution is -2.52. The predicted molar refractivity (Wildman–Crippen MR) is 99.3 cm³/mol. The van der Waals surface area contributed by atoms with Crippen LogP contribution in [0.5, 0.6) is 5.75 Å². The maximum Gasteiger partial charge on any atom is 0.356 e. The maximum absolute atomic E-state index is 13.4. The zero-order valence-electron chi connectivity index (χ0n) is 14.6. The lowest BCUT2D eigenvalue weighted by atomic mass is 9.97. The van der Waals surface area contributed by atoms with Crippen molar-refractivity contribution in [2.75, 3.05) is 33.9 Å². The Kier molecular flexibility index (Phi) is 4.99. The van der Waals surface area contributed by atoms with Gasteiger partial charge in [0.25, 0.3) is 0 Å². The minimum atomic E-state index is 0.0118. The molecule has 1 aliphatic rings. The smallest absolute Gasteiger partial charge is 0.356 e. The molecular weight excluding hydrogens is 316 g/mol. The van der Waals surface area contributed by atoms with Crippen molar-refractivity contribution in [3.63, 3.8) is 0 Å². The molecule has 0 radical (unpaired) electrons. The normalized spacial score (nSPS) is 19.3. The number of likely N-dealkylation sites (N-methyl/N-ethyl adjacent to an activating group) is 1. The zero-order valence-corrected chi connectivity index (χ0v) is 14.6. The van der Waals surface area contributed by atoms with E-state index in [0.29, 0.717) is 25.3 Å². The highest BCUT2D eigenvalue weighted by atomic mass is 16.5. The molecule has 0 bridgehead atoms. The Hall–Kier alpha value is -2.47. The molecule has 5 nitrogen and oxygen atoms in total. The van der Waals surface area contributed by atoms with Crippen LogP contribution in [0.25, 0.3) is 6.08 Å². The van der Waals surface area contributed by atoms with Gasteiger partial charge in [0.15, 0.2) is 0 Å². The fourth-order valence-corrected chi connectivity index (χ4v) is 3.10. The first-order valence-corrected chi connectivity index (χ1v) is 8.25. The van der Waals surface area contributed by atoms with Crippen molar-refractivity contribution in [3.05, 3.63) is 65.4 Å². The number of para-hydroxylation sites is 1. The molecule has 0 spiro atoms. The van der Waals surface area contributed by atoms with Gasteiger partial charge in [0, 0.05) is 30.3 Å². The predicted octanol–water partition coefficient (Wildman–Crippen LogP) is 2.80. The number of hydrogen-bond donors (Lipinski definition) is 1. The van der Waals surface area contributed by atoms with Crippen molar-refractivity contribution in [3.8, 4) is 5.75 Å². The highest BCUT2D eigenvalue weighted by Gasteiger charge is 2.43. The van der Waals surface area contributed by atoms with Gasteiger partial charge in [-0.2, -0.15) is 4.48 Å². The van der Waals surface area contributed by atoms with E-state index in [-0.39, 0.29) is 10.4 Å². The summed E-state index contributed by atoms with van der Waals surface area (Å²) in [5.74, 6) is 0.735. The number of fused-ring (bicyclic) bond motifs is 1. The fourth-order valence-electron chi connectivity index (χ4n) is 3.10. The molecule has 3 rings (SSSR count). The van der Waals surface area contributed by atoms with Gasteiger partial charge >= 0.3 is 5.91 Å². The number of methoxy groups -OCH3 is 1. The van der Waals surface area contributed by atoms with Crippen LogP contribution in [0.1, 0.15) is 15.9 Å². The number of amides is 1. The van der Waals surface area contributed by atoms with Gasteiger partial charge in [0.1, 0.15) is 23.7 Å². The number of nitrogens with two attached hydrogens (primary N) is 1. The van der Waals surface area contributed by atoms with Gasteiger partial charge in [-0.05, 0) is 18.2 Å². The standard InChI is InChI=1S/C20H23N2O3/c1-22(16-6-4-3-5-7-16)17(14-25-11-10-21)12-15-13-18(24-2)8-9-19(15)20(22)23/h3-9,12-13H,10-11,14,21H2,1-2H3/q+1. The fraction of sp³-hybridized carbons (Fsp3) is 0.250. The van der Waals surface area contributed by atoms with Crippen LogP contribution in [-0.2, 0) is 4.74 Å².